The molecule has 1 N–H and O–H groups in total. The highest BCUT2D eigenvalue weighted by atomic mass is 19.1. The van der Waals surface area contributed by atoms with Crippen LogP contribution < -0.4 is 0 Å². The molecular weight excluding hydrogens is 359 g/mol. The minimum Gasteiger partial charge on any atom is -0.354 e. The molecule has 1 heterocycles. The summed E-state index contributed by atoms with van der Waals surface area (Å²) in [4.78, 5) is 6.28. The van der Waals surface area contributed by atoms with Gasteiger partial charge in [0.1, 0.15) is 5.82 Å². The Morgan fingerprint density at radius 1 is 1.00 bits per heavy atom. The lowest BCUT2D eigenvalue weighted by Crippen LogP contribution is -2.49. The third kappa shape index (κ3) is 4.40. The molecule has 0 radical (unpaired) electrons. The van der Waals surface area contributed by atoms with E-state index in [1.807, 2.05) is 6.07 Å². The Bertz CT molecular complexity index is 960. The second-order valence-corrected chi connectivity index (χ2v) is 9.44. The highest BCUT2D eigenvalue weighted by Gasteiger charge is 2.30. The number of hydrogen-bond donors (Lipinski definition) is 1. The van der Waals surface area contributed by atoms with Gasteiger partial charge in [-0.1, -0.05) is 49.6 Å². The first-order valence-corrected chi connectivity index (χ1v) is 11.1. The first-order valence-electron chi connectivity index (χ1n) is 11.1. The Morgan fingerprint density at radius 3 is 2.48 bits per heavy atom. The van der Waals surface area contributed by atoms with Crippen molar-refractivity contribution in [2.75, 3.05) is 6.54 Å². The van der Waals surface area contributed by atoms with Crippen molar-refractivity contribution in [2.24, 2.45) is 0 Å². The fourth-order valence-electron chi connectivity index (χ4n) is 5.04. The Labute approximate surface area is 174 Å². The molecule has 0 aliphatic heterocycles. The van der Waals surface area contributed by atoms with E-state index in [4.69, 9.17) is 0 Å². The van der Waals surface area contributed by atoms with Gasteiger partial charge < -0.3 is 4.98 Å². The highest BCUT2D eigenvalue weighted by molar-refractivity contribution is 5.90. The van der Waals surface area contributed by atoms with E-state index >= 15 is 0 Å². The molecule has 1 saturated carbocycles. The van der Waals surface area contributed by atoms with Gasteiger partial charge in [-0.15, -0.1) is 0 Å². The van der Waals surface area contributed by atoms with E-state index in [9.17, 15) is 4.39 Å². The Kier molecular flexibility index (Phi) is 5.78. The van der Waals surface area contributed by atoms with Crippen LogP contribution in [0.1, 0.15) is 58.4 Å². The predicted octanol–water partition coefficient (Wildman–Crippen LogP) is 6.95. The molecule has 0 unspecified atom stereocenters. The molecule has 29 heavy (non-hydrogen) atoms. The number of aromatic nitrogens is 1. The van der Waals surface area contributed by atoms with Crippen molar-refractivity contribution in [3.8, 4) is 11.3 Å². The van der Waals surface area contributed by atoms with E-state index in [0.29, 0.717) is 6.04 Å². The topological polar surface area (TPSA) is 19.0 Å². The zero-order valence-electron chi connectivity index (χ0n) is 18.0. The number of hydrogen-bond acceptors (Lipinski definition) is 1. The molecule has 2 aromatic carbocycles. The van der Waals surface area contributed by atoms with Crippen LogP contribution in [0.3, 0.4) is 0 Å². The molecule has 154 valence electrons. The van der Waals surface area contributed by atoms with Gasteiger partial charge in [0.05, 0.1) is 0 Å². The lowest BCUT2D eigenvalue weighted by atomic mass is 9.90. The molecule has 0 bridgehead atoms. The van der Waals surface area contributed by atoms with E-state index in [0.717, 1.165) is 29.7 Å². The number of halogens is 1. The standard InChI is InChI=1S/C26H33FN2/c1-26(2,3)29(21-12-5-4-6-13-21)17-16-23-22-14-7-8-15-24(22)28-25(23)19-10-9-11-20(27)18-19/h7-11,14-15,18,21,28H,4-6,12-13,16-17H2,1-3H3. The van der Waals surface area contributed by atoms with Crippen LogP contribution in [0.4, 0.5) is 4.39 Å². The summed E-state index contributed by atoms with van der Waals surface area (Å²) in [6.07, 6.45) is 7.64. The molecule has 3 aromatic rings. The van der Waals surface area contributed by atoms with Crippen molar-refractivity contribution in [3.63, 3.8) is 0 Å². The summed E-state index contributed by atoms with van der Waals surface area (Å²) >= 11 is 0. The van der Waals surface area contributed by atoms with Crippen LogP contribution >= 0.6 is 0 Å². The van der Waals surface area contributed by atoms with Crippen molar-refractivity contribution in [1.82, 2.24) is 9.88 Å². The molecule has 1 aromatic heterocycles. The van der Waals surface area contributed by atoms with Crippen LogP contribution in [0.15, 0.2) is 48.5 Å². The molecule has 4 rings (SSSR count). The van der Waals surface area contributed by atoms with Crippen molar-refractivity contribution in [2.45, 2.75) is 70.9 Å². The van der Waals surface area contributed by atoms with E-state index < -0.39 is 0 Å². The van der Waals surface area contributed by atoms with Crippen LogP contribution in [0, 0.1) is 5.82 Å². The molecular formula is C26H33FN2. The van der Waals surface area contributed by atoms with Gasteiger partial charge in [-0.05, 0) is 63.8 Å². The second kappa shape index (κ2) is 8.31. The van der Waals surface area contributed by atoms with Gasteiger partial charge in [-0.25, -0.2) is 4.39 Å². The lowest BCUT2D eigenvalue weighted by molar-refractivity contribution is 0.0617. The molecule has 1 aliphatic rings. The maximum Gasteiger partial charge on any atom is 0.123 e. The average Bonchev–Trinajstić information content (AvgIpc) is 3.07. The zero-order valence-corrected chi connectivity index (χ0v) is 18.0. The number of benzene rings is 2. The van der Waals surface area contributed by atoms with Gasteiger partial charge in [0.15, 0.2) is 0 Å². The van der Waals surface area contributed by atoms with Crippen molar-refractivity contribution >= 4 is 10.9 Å². The summed E-state index contributed by atoms with van der Waals surface area (Å²) in [7, 11) is 0. The minimum atomic E-state index is -0.189. The fourth-order valence-corrected chi connectivity index (χ4v) is 5.04. The van der Waals surface area contributed by atoms with Crippen molar-refractivity contribution in [1.29, 1.82) is 0 Å². The van der Waals surface area contributed by atoms with Crippen LogP contribution in [0.2, 0.25) is 0 Å². The maximum atomic E-state index is 13.9. The van der Waals surface area contributed by atoms with Crippen LogP contribution in [0.5, 0.6) is 0 Å². The Morgan fingerprint density at radius 2 is 1.76 bits per heavy atom. The van der Waals surface area contributed by atoms with Crippen LogP contribution in [0.25, 0.3) is 22.2 Å². The van der Waals surface area contributed by atoms with Crippen LogP contribution in [-0.4, -0.2) is 28.0 Å². The predicted molar refractivity (Wildman–Crippen MR) is 121 cm³/mol. The summed E-state index contributed by atoms with van der Waals surface area (Å²) in [6, 6.07) is 16.1. The quantitative estimate of drug-likeness (QED) is 0.498. The van der Waals surface area contributed by atoms with Gasteiger partial charge in [-0.3, -0.25) is 4.90 Å². The monoisotopic (exact) mass is 392 g/mol. The summed E-state index contributed by atoms with van der Waals surface area (Å²) in [5.41, 5.74) is 4.56. The largest absolute Gasteiger partial charge is 0.354 e. The number of nitrogens with one attached hydrogen (secondary N) is 1. The Hall–Kier alpha value is -2.13. The first-order chi connectivity index (χ1) is 13.9. The number of para-hydroxylation sites is 1. The minimum absolute atomic E-state index is 0.146. The lowest BCUT2D eigenvalue weighted by Gasteiger charge is -2.43. The van der Waals surface area contributed by atoms with Crippen molar-refractivity contribution < 1.29 is 4.39 Å². The number of rotatable bonds is 5. The molecule has 3 heteroatoms. The number of aromatic amines is 1. The highest BCUT2D eigenvalue weighted by Crippen LogP contribution is 2.33. The molecule has 0 saturated heterocycles. The van der Waals surface area contributed by atoms with Gasteiger partial charge in [-0.2, -0.15) is 0 Å². The maximum absolute atomic E-state index is 13.9. The summed E-state index contributed by atoms with van der Waals surface area (Å²) in [5.74, 6) is -0.189. The normalized spacial score (nSPS) is 16.0. The molecule has 1 aliphatic carbocycles. The average molecular weight is 393 g/mol. The Balaban J connectivity index is 1.68. The third-order valence-corrected chi connectivity index (χ3v) is 6.41. The van der Waals surface area contributed by atoms with E-state index in [1.165, 1.54) is 49.1 Å². The molecule has 1 fully saturated rings. The van der Waals surface area contributed by atoms with E-state index in [1.54, 1.807) is 12.1 Å². The second-order valence-electron chi connectivity index (χ2n) is 9.44. The SMILES string of the molecule is CC(C)(C)N(CCc1c(-c2cccc(F)c2)[nH]c2ccccc12)C1CCCCC1. The zero-order chi connectivity index (χ0) is 20.4. The molecule has 0 amide bonds. The fraction of sp³-hybridized carbons (Fsp3) is 0.462. The summed E-state index contributed by atoms with van der Waals surface area (Å²) in [6.45, 7) is 8.04. The van der Waals surface area contributed by atoms with Gasteiger partial charge in [0.25, 0.3) is 0 Å². The van der Waals surface area contributed by atoms with E-state index in [-0.39, 0.29) is 11.4 Å². The van der Waals surface area contributed by atoms with Gasteiger partial charge in [0, 0.05) is 40.3 Å². The molecule has 2 nitrogen and oxygen atoms in total. The van der Waals surface area contributed by atoms with Crippen molar-refractivity contribution in [3.05, 3.63) is 59.9 Å². The van der Waals surface area contributed by atoms with Gasteiger partial charge >= 0.3 is 0 Å². The number of fused-ring (bicyclic) bond motifs is 1. The smallest absolute Gasteiger partial charge is 0.123 e. The van der Waals surface area contributed by atoms with Gasteiger partial charge in [0.2, 0.25) is 0 Å². The van der Waals surface area contributed by atoms with Crippen LogP contribution in [-0.2, 0) is 6.42 Å². The molecule has 0 atom stereocenters. The summed E-state index contributed by atoms with van der Waals surface area (Å²) < 4.78 is 13.9. The first kappa shape index (κ1) is 20.2. The number of nitrogens with zero attached hydrogens (tertiary/aromatic N) is 1. The number of H-pyrrole nitrogens is 1. The van der Waals surface area contributed by atoms with E-state index in [2.05, 4.69) is 54.9 Å². The summed E-state index contributed by atoms with van der Waals surface area (Å²) in [5, 5.41) is 1.25. The molecule has 0 spiro atoms. The third-order valence-electron chi connectivity index (χ3n) is 6.41.